The SMILES string of the molecule is CCCc1c(NCC)ncnc1NC1CC(OCC)C1. The second-order valence-electron chi connectivity index (χ2n) is 5.22. The van der Waals surface area contributed by atoms with E-state index in [1.807, 2.05) is 6.92 Å². The van der Waals surface area contributed by atoms with Crippen molar-refractivity contribution in [1.29, 1.82) is 0 Å². The minimum Gasteiger partial charge on any atom is -0.378 e. The van der Waals surface area contributed by atoms with Crippen LogP contribution in [0.2, 0.25) is 0 Å². The molecule has 1 aliphatic rings. The predicted molar refractivity (Wildman–Crippen MR) is 82.2 cm³/mol. The van der Waals surface area contributed by atoms with Crippen LogP contribution in [0, 0.1) is 0 Å². The van der Waals surface area contributed by atoms with E-state index in [0.717, 1.165) is 50.5 Å². The van der Waals surface area contributed by atoms with Gasteiger partial charge in [-0.1, -0.05) is 13.3 Å². The van der Waals surface area contributed by atoms with Gasteiger partial charge in [-0.15, -0.1) is 0 Å². The van der Waals surface area contributed by atoms with E-state index >= 15 is 0 Å². The summed E-state index contributed by atoms with van der Waals surface area (Å²) in [5.74, 6) is 1.95. The second kappa shape index (κ2) is 7.43. The molecule has 0 spiro atoms. The van der Waals surface area contributed by atoms with E-state index in [1.165, 1.54) is 5.56 Å². The molecule has 1 saturated carbocycles. The van der Waals surface area contributed by atoms with E-state index in [0.29, 0.717) is 12.1 Å². The number of ether oxygens (including phenoxy) is 1. The van der Waals surface area contributed by atoms with Crippen molar-refractivity contribution < 1.29 is 4.74 Å². The summed E-state index contributed by atoms with van der Waals surface area (Å²) < 4.78 is 5.60. The Labute approximate surface area is 121 Å². The lowest BCUT2D eigenvalue weighted by Gasteiger charge is -2.36. The van der Waals surface area contributed by atoms with E-state index in [9.17, 15) is 0 Å². The summed E-state index contributed by atoms with van der Waals surface area (Å²) in [6, 6.07) is 0.478. The first kappa shape index (κ1) is 15.0. The van der Waals surface area contributed by atoms with Crippen LogP contribution in [0.5, 0.6) is 0 Å². The van der Waals surface area contributed by atoms with E-state index < -0.39 is 0 Å². The number of hydrogen-bond donors (Lipinski definition) is 2. The Morgan fingerprint density at radius 2 is 1.95 bits per heavy atom. The third kappa shape index (κ3) is 3.60. The van der Waals surface area contributed by atoms with Gasteiger partial charge in [0.15, 0.2) is 0 Å². The van der Waals surface area contributed by atoms with Crippen LogP contribution < -0.4 is 10.6 Å². The average Bonchev–Trinajstić information content (AvgIpc) is 2.40. The lowest BCUT2D eigenvalue weighted by Crippen LogP contribution is -2.41. The third-order valence-electron chi connectivity index (χ3n) is 3.63. The van der Waals surface area contributed by atoms with Gasteiger partial charge in [-0.05, 0) is 33.1 Å². The molecule has 0 atom stereocenters. The summed E-state index contributed by atoms with van der Waals surface area (Å²) in [6.07, 6.45) is 6.28. The molecule has 2 N–H and O–H groups in total. The van der Waals surface area contributed by atoms with Crippen molar-refractivity contribution in [2.45, 2.75) is 58.6 Å². The number of aromatic nitrogens is 2. The van der Waals surface area contributed by atoms with Gasteiger partial charge in [0.05, 0.1) is 6.10 Å². The highest BCUT2D eigenvalue weighted by Crippen LogP contribution is 2.29. The average molecular weight is 278 g/mol. The highest BCUT2D eigenvalue weighted by atomic mass is 16.5. The van der Waals surface area contributed by atoms with Crippen LogP contribution in [-0.2, 0) is 11.2 Å². The van der Waals surface area contributed by atoms with Crippen molar-refractivity contribution in [3.63, 3.8) is 0 Å². The molecule has 20 heavy (non-hydrogen) atoms. The zero-order chi connectivity index (χ0) is 14.4. The zero-order valence-corrected chi connectivity index (χ0v) is 12.8. The Hall–Kier alpha value is -1.36. The Morgan fingerprint density at radius 3 is 2.60 bits per heavy atom. The molecule has 0 aromatic carbocycles. The van der Waals surface area contributed by atoms with Crippen LogP contribution in [0.1, 0.15) is 45.6 Å². The first-order valence-corrected chi connectivity index (χ1v) is 7.74. The van der Waals surface area contributed by atoms with Gasteiger partial charge in [-0.2, -0.15) is 0 Å². The van der Waals surface area contributed by atoms with Gasteiger partial charge in [-0.3, -0.25) is 0 Å². The number of nitrogens with one attached hydrogen (secondary N) is 2. The van der Waals surface area contributed by atoms with Crippen LogP contribution >= 0.6 is 0 Å². The largest absolute Gasteiger partial charge is 0.378 e. The molecule has 1 aromatic heterocycles. The molecule has 1 aliphatic carbocycles. The Kier molecular flexibility index (Phi) is 5.59. The van der Waals surface area contributed by atoms with Gasteiger partial charge < -0.3 is 15.4 Å². The number of hydrogen-bond acceptors (Lipinski definition) is 5. The topological polar surface area (TPSA) is 59.1 Å². The molecule has 1 aromatic rings. The summed E-state index contributed by atoms with van der Waals surface area (Å²) >= 11 is 0. The van der Waals surface area contributed by atoms with Crippen molar-refractivity contribution >= 4 is 11.6 Å². The quantitative estimate of drug-likeness (QED) is 0.765. The van der Waals surface area contributed by atoms with Crippen molar-refractivity contribution in [2.24, 2.45) is 0 Å². The minimum atomic E-state index is 0.419. The van der Waals surface area contributed by atoms with Crippen molar-refractivity contribution in [3.8, 4) is 0 Å². The molecular formula is C15H26N4O. The van der Waals surface area contributed by atoms with E-state index in [1.54, 1.807) is 6.33 Å². The molecule has 0 amide bonds. The maximum Gasteiger partial charge on any atom is 0.134 e. The summed E-state index contributed by atoms with van der Waals surface area (Å²) in [5.41, 5.74) is 1.21. The molecule has 0 unspecified atom stereocenters. The van der Waals surface area contributed by atoms with Gasteiger partial charge in [0.2, 0.25) is 0 Å². The van der Waals surface area contributed by atoms with Gasteiger partial charge in [0.25, 0.3) is 0 Å². The summed E-state index contributed by atoms with van der Waals surface area (Å²) in [5, 5.41) is 6.87. The molecule has 0 saturated heterocycles. The van der Waals surface area contributed by atoms with Gasteiger partial charge in [-0.25, -0.2) is 9.97 Å². The van der Waals surface area contributed by atoms with Crippen molar-refractivity contribution in [2.75, 3.05) is 23.8 Å². The molecule has 0 aliphatic heterocycles. The smallest absolute Gasteiger partial charge is 0.134 e. The summed E-state index contributed by atoms with van der Waals surface area (Å²) in [6.45, 7) is 8.00. The lowest BCUT2D eigenvalue weighted by molar-refractivity contribution is 0.00291. The first-order valence-electron chi connectivity index (χ1n) is 7.74. The van der Waals surface area contributed by atoms with E-state index in [-0.39, 0.29) is 0 Å². The molecule has 1 heterocycles. The summed E-state index contributed by atoms with van der Waals surface area (Å²) in [7, 11) is 0. The van der Waals surface area contributed by atoms with Crippen LogP contribution in [0.3, 0.4) is 0 Å². The molecule has 5 nitrogen and oxygen atoms in total. The fraction of sp³-hybridized carbons (Fsp3) is 0.733. The normalized spacial score (nSPS) is 21.4. The molecule has 1 fully saturated rings. The van der Waals surface area contributed by atoms with Gasteiger partial charge >= 0.3 is 0 Å². The highest BCUT2D eigenvalue weighted by molar-refractivity contribution is 5.58. The van der Waals surface area contributed by atoms with E-state index in [2.05, 4.69) is 34.4 Å². The highest BCUT2D eigenvalue weighted by Gasteiger charge is 2.30. The van der Waals surface area contributed by atoms with E-state index in [4.69, 9.17) is 4.74 Å². The lowest BCUT2D eigenvalue weighted by atomic mass is 9.89. The van der Waals surface area contributed by atoms with Gasteiger partial charge in [0, 0.05) is 24.8 Å². The van der Waals surface area contributed by atoms with Crippen molar-refractivity contribution in [3.05, 3.63) is 11.9 Å². The molecule has 112 valence electrons. The maximum absolute atomic E-state index is 5.60. The monoisotopic (exact) mass is 278 g/mol. The van der Waals surface area contributed by atoms with Crippen LogP contribution in [0.25, 0.3) is 0 Å². The Morgan fingerprint density at radius 1 is 1.20 bits per heavy atom. The fourth-order valence-electron chi connectivity index (χ4n) is 2.59. The standard InChI is InChI=1S/C15H26N4O/c1-4-7-13-14(16-5-2)17-10-18-15(13)19-11-8-12(9-11)20-6-3/h10-12H,4-9H2,1-3H3,(H2,16,17,18,19). The number of nitrogens with zero attached hydrogens (tertiary/aromatic N) is 2. The van der Waals surface area contributed by atoms with Crippen molar-refractivity contribution in [1.82, 2.24) is 9.97 Å². The number of anilines is 2. The molecule has 0 bridgehead atoms. The van der Waals surface area contributed by atoms with Gasteiger partial charge in [0.1, 0.15) is 18.0 Å². The zero-order valence-electron chi connectivity index (χ0n) is 12.8. The Bertz CT molecular complexity index is 418. The molecule has 0 radical (unpaired) electrons. The predicted octanol–water partition coefficient (Wildman–Crippen LogP) is 2.84. The fourth-order valence-corrected chi connectivity index (χ4v) is 2.59. The maximum atomic E-state index is 5.60. The first-order chi connectivity index (χ1) is 9.78. The third-order valence-corrected chi connectivity index (χ3v) is 3.63. The molecule has 2 rings (SSSR count). The Balaban J connectivity index is 2.01. The van der Waals surface area contributed by atoms with Crippen LogP contribution in [-0.4, -0.2) is 35.3 Å². The number of rotatable bonds is 8. The summed E-state index contributed by atoms with van der Waals surface area (Å²) in [4.78, 5) is 8.79. The molecular weight excluding hydrogens is 252 g/mol. The minimum absolute atomic E-state index is 0.419. The molecule has 5 heteroatoms. The van der Waals surface area contributed by atoms with Crippen LogP contribution in [0.4, 0.5) is 11.6 Å². The van der Waals surface area contributed by atoms with Crippen LogP contribution in [0.15, 0.2) is 6.33 Å². The second-order valence-corrected chi connectivity index (χ2v) is 5.22.